The number of hydrogen-bond donors (Lipinski definition) is 2. The zero-order valence-electron chi connectivity index (χ0n) is 9.93. The van der Waals surface area contributed by atoms with Gasteiger partial charge < -0.3 is 0 Å². The van der Waals surface area contributed by atoms with Crippen LogP contribution in [0.5, 0.6) is 0 Å². The molecule has 1 heterocycles. The van der Waals surface area contributed by atoms with Crippen molar-refractivity contribution >= 4 is 0 Å². The van der Waals surface area contributed by atoms with Gasteiger partial charge in [0.25, 0.3) is 0 Å². The maximum absolute atomic E-state index is 5.64. The molecule has 1 unspecified atom stereocenters. The van der Waals surface area contributed by atoms with Crippen LogP contribution in [0, 0.1) is 6.92 Å². The molecule has 0 bridgehead atoms. The number of nitrogens with one attached hydrogen (secondary N) is 1. The average molecular weight is 227 g/mol. The van der Waals surface area contributed by atoms with E-state index in [9.17, 15) is 0 Å². The fraction of sp³-hybridized carbons (Fsp3) is 0.214. The first kappa shape index (κ1) is 11.8. The quantitative estimate of drug-likeness (QED) is 0.621. The number of aryl methyl sites for hydroxylation is 1. The van der Waals surface area contributed by atoms with E-state index in [1.165, 1.54) is 11.1 Å². The van der Waals surface area contributed by atoms with Gasteiger partial charge in [0.15, 0.2) is 0 Å². The summed E-state index contributed by atoms with van der Waals surface area (Å²) in [5.41, 5.74) is 6.49. The molecule has 2 aromatic rings. The monoisotopic (exact) mass is 227 g/mol. The first-order valence-corrected chi connectivity index (χ1v) is 5.72. The summed E-state index contributed by atoms with van der Waals surface area (Å²) in [6.45, 7) is 2.08. The van der Waals surface area contributed by atoms with Crippen molar-refractivity contribution in [2.24, 2.45) is 5.84 Å². The van der Waals surface area contributed by atoms with Crippen molar-refractivity contribution in [1.29, 1.82) is 0 Å². The minimum Gasteiger partial charge on any atom is -0.271 e. The van der Waals surface area contributed by atoms with E-state index < -0.39 is 0 Å². The molecule has 0 radical (unpaired) electrons. The molecule has 0 aliphatic heterocycles. The van der Waals surface area contributed by atoms with Crippen LogP contribution in [0.2, 0.25) is 0 Å². The lowest BCUT2D eigenvalue weighted by Gasteiger charge is -2.18. The largest absolute Gasteiger partial charge is 0.271 e. The van der Waals surface area contributed by atoms with Gasteiger partial charge in [-0.15, -0.1) is 0 Å². The number of hydrazine groups is 1. The van der Waals surface area contributed by atoms with Gasteiger partial charge >= 0.3 is 0 Å². The molecular weight excluding hydrogens is 210 g/mol. The second-order valence-electron chi connectivity index (χ2n) is 4.14. The summed E-state index contributed by atoms with van der Waals surface area (Å²) in [7, 11) is 0. The molecule has 1 aromatic carbocycles. The maximum atomic E-state index is 5.64. The highest BCUT2D eigenvalue weighted by Crippen LogP contribution is 2.19. The summed E-state index contributed by atoms with van der Waals surface area (Å²) < 4.78 is 0. The minimum atomic E-state index is 0.103. The SMILES string of the molecule is Cc1ccncc1C(Cc1ccccc1)NN. The summed E-state index contributed by atoms with van der Waals surface area (Å²) in [5, 5.41) is 0. The molecule has 0 amide bonds. The number of nitrogens with zero attached hydrogens (tertiary/aromatic N) is 1. The van der Waals surface area contributed by atoms with E-state index in [0.717, 1.165) is 12.0 Å². The molecule has 17 heavy (non-hydrogen) atoms. The number of nitrogens with two attached hydrogens (primary N) is 1. The second kappa shape index (κ2) is 5.57. The van der Waals surface area contributed by atoms with E-state index in [2.05, 4.69) is 29.5 Å². The molecule has 0 saturated heterocycles. The van der Waals surface area contributed by atoms with Gasteiger partial charge in [-0.25, -0.2) is 0 Å². The van der Waals surface area contributed by atoms with E-state index in [4.69, 9.17) is 5.84 Å². The van der Waals surface area contributed by atoms with Crippen molar-refractivity contribution < 1.29 is 0 Å². The summed E-state index contributed by atoms with van der Waals surface area (Å²) in [5.74, 6) is 5.64. The van der Waals surface area contributed by atoms with Crippen LogP contribution in [0.3, 0.4) is 0 Å². The first-order valence-electron chi connectivity index (χ1n) is 5.72. The van der Waals surface area contributed by atoms with Crippen molar-refractivity contribution in [2.45, 2.75) is 19.4 Å². The van der Waals surface area contributed by atoms with Gasteiger partial charge in [-0.2, -0.15) is 0 Å². The third-order valence-electron chi connectivity index (χ3n) is 2.94. The van der Waals surface area contributed by atoms with Gasteiger partial charge in [-0.1, -0.05) is 30.3 Å². The lowest BCUT2D eigenvalue weighted by molar-refractivity contribution is 0.547. The molecule has 3 N–H and O–H groups in total. The van der Waals surface area contributed by atoms with Crippen LogP contribution >= 0.6 is 0 Å². The van der Waals surface area contributed by atoms with Gasteiger partial charge in [-0.05, 0) is 36.1 Å². The normalized spacial score (nSPS) is 12.4. The van der Waals surface area contributed by atoms with Crippen molar-refractivity contribution in [3.05, 3.63) is 65.5 Å². The number of aromatic nitrogens is 1. The molecule has 88 valence electrons. The van der Waals surface area contributed by atoms with Gasteiger partial charge in [0.05, 0.1) is 6.04 Å². The Morgan fingerprint density at radius 3 is 2.65 bits per heavy atom. The number of rotatable bonds is 4. The van der Waals surface area contributed by atoms with E-state index in [1.54, 1.807) is 6.20 Å². The fourth-order valence-electron chi connectivity index (χ4n) is 1.95. The third-order valence-corrected chi connectivity index (χ3v) is 2.94. The number of pyridine rings is 1. The summed E-state index contributed by atoms with van der Waals surface area (Å²) in [6.07, 6.45) is 4.54. The molecular formula is C14H17N3. The van der Waals surface area contributed by atoms with Crippen LogP contribution in [0.25, 0.3) is 0 Å². The van der Waals surface area contributed by atoms with Crippen molar-refractivity contribution in [3.63, 3.8) is 0 Å². The van der Waals surface area contributed by atoms with Gasteiger partial charge in [-0.3, -0.25) is 16.3 Å². The van der Waals surface area contributed by atoms with Gasteiger partial charge in [0.2, 0.25) is 0 Å². The molecule has 0 fully saturated rings. The highest BCUT2D eigenvalue weighted by Gasteiger charge is 2.12. The lowest BCUT2D eigenvalue weighted by Crippen LogP contribution is -2.30. The number of hydrogen-bond acceptors (Lipinski definition) is 3. The van der Waals surface area contributed by atoms with Crippen molar-refractivity contribution in [3.8, 4) is 0 Å². The lowest BCUT2D eigenvalue weighted by atomic mass is 9.98. The van der Waals surface area contributed by atoms with Crippen LogP contribution in [-0.2, 0) is 6.42 Å². The Bertz CT molecular complexity index is 468. The predicted octanol–water partition coefficient (Wildman–Crippen LogP) is 2.14. The summed E-state index contributed by atoms with van der Waals surface area (Å²) in [6, 6.07) is 12.4. The fourth-order valence-corrected chi connectivity index (χ4v) is 1.95. The molecule has 0 spiro atoms. The van der Waals surface area contributed by atoms with E-state index >= 15 is 0 Å². The summed E-state index contributed by atoms with van der Waals surface area (Å²) >= 11 is 0. The van der Waals surface area contributed by atoms with Crippen LogP contribution < -0.4 is 11.3 Å². The molecule has 0 saturated carbocycles. The molecule has 0 aliphatic rings. The highest BCUT2D eigenvalue weighted by molar-refractivity contribution is 5.27. The van der Waals surface area contributed by atoms with Gasteiger partial charge in [0, 0.05) is 12.4 Å². The Balaban J connectivity index is 2.21. The average Bonchev–Trinajstić information content (AvgIpc) is 2.38. The Labute approximate surface area is 102 Å². The van der Waals surface area contributed by atoms with Crippen LogP contribution in [0.4, 0.5) is 0 Å². The van der Waals surface area contributed by atoms with E-state index in [-0.39, 0.29) is 6.04 Å². The van der Waals surface area contributed by atoms with E-state index in [0.29, 0.717) is 0 Å². The molecule has 3 heteroatoms. The molecule has 2 rings (SSSR count). The highest BCUT2D eigenvalue weighted by atomic mass is 15.2. The van der Waals surface area contributed by atoms with E-state index in [1.807, 2.05) is 30.5 Å². The van der Waals surface area contributed by atoms with Crippen LogP contribution in [0.15, 0.2) is 48.8 Å². The molecule has 1 aromatic heterocycles. The maximum Gasteiger partial charge on any atom is 0.0518 e. The first-order chi connectivity index (χ1) is 8.31. The van der Waals surface area contributed by atoms with Crippen molar-refractivity contribution in [2.75, 3.05) is 0 Å². The third kappa shape index (κ3) is 2.90. The van der Waals surface area contributed by atoms with Crippen molar-refractivity contribution in [1.82, 2.24) is 10.4 Å². The topological polar surface area (TPSA) is 50.9 Å². The standard InChI is InChI=1S/C14H17N3/c1-11-7-8-16-10-13(11)14(17-15)9-12-5-3-2-4-6-12/h2-8,10,14,17H,9,15H2,1H3. The zero-order valence-corrected chi connectivity index (χ0v) is 9.93. The zero-order chi connectivity index (χ0) is 12.1. The Morgan fingerprint density at radius 2 is 2.00 bits per heavy atom. The Hall–Kier alpha value is -1.71. The molecule has 1 atom stereocenters. The number of benzene rings is 1. The van der Waals surface area contributed by atoms with Gasteiger partial charge in [0.1, 0.15) is 0 Å². The molecule has 0 aliphatic carbocycles. The van der Waals surface area contributed by atoms with Crippen LogP contribution in [0.1, 0.15) is 22.7 Å². The molecule has 3 nitrogen and oxygen atoms in total. The van der Waals surface area contributed by atoms with Crippen LogP contribution in [-0.4, -0.2) is 4.98 Å². The summed E-state index contributed by atoms with van der Waals surface area (Å²) in [4.78, 5) is 4.16. The smallest absolute Gasteiger partial charge is 0.0518 e. The minimum absolute atomic E-state index is 0.103. The Morgan fingerprint density at radius 1 is 1.24 bits per heavy atom. The predicted molar refractivity (Wildman–Crippen MR) is 69.2 cm³/mol. The Kier molecular flexibility index (Phi) is 3.85. The second-order valence-corrected chi connectivity index (χ2v) is 4.14.